The van der Waals surface area contributed by atoms with Crippen LogP contribution >= 0.6 is 0 Å². The highest BCUT2D eigenvalue weighted by Gasteiger charge is 2.25. The molecule has 4 heteroatoms. The molecule has 1 aromatic heterocycles. The summed E-state index contributed by atoms with van der Waals surface area (Å²) in [6.45, 7) is 1.63. The lowest BCUT2D eigenvalue weighted by Gasteiger charge is -2.33. The summed E-state index contributed by atoms with van der Waals surface area (Å²) < 4.78 is 12.8. The molecular weight excluding hydrogens is 217 g/mol. The molecule has 0 aromatic carbocycles. The van der Waals surface area contributed by atoms with Crippen LogP contribution in [0.3, 0.4) is 0 Å². The zero-order chi connectivity index (χ0) is 11.7. The molecule has 92 valence electrons. The summed E-state index contributed by atoms with van der Waals surface area (Å²) in [6, 6.07) is 0. The van der Waals surface area contributed by atoms with E-state index in [2.05, 4.69) is 14.9 Å². The number of piperidine rings is 1. The number of anilines is 1. The summed E-state index contributed by atoms with van der Waals surface area (Å²) in [5.41, 5.74) is 2.52. The lowest BCUT2D eigenvalue weighted by molar-refractivity contribution is 0.315. The Kier molecular flexibility index (Phi) is 2.95. The molecule has 0 saturated carbocycles. The molecule has 17 heavy (non-hydrogen) atoms. The number of alkyl halides is 1. The van der Waals surface area contributed by atoms with Crippen molar-refractivity contribution in [2.24, 2.45) is 5.92 Å². The molecule has 1 aliphatic carbocycles. The summed E-state index contributed by atoms with van der Waals surface area (Å²) in [6.07, 6.45) is 7.10. The maximum Gasteiger partial charge on any atom is 0.135 e. The van der Waals surface area contributed by atoms with Gasteiger partial charge in [0, 0.05) is 30.3 Å². The average Bonchev–Trinajstić information content (AvgIpc) is 2.87. The second-order valence-electron chi connectivity index (χ2n) is 5.08. The third-order valence-electron chi connectivity index (χ3n) is 3.89. The fourth-order valence-corrected chi connectivity index (χ4v) is 3.00. The zero-order valence-electron chi connectivity index (χ0n) is 10.0. The van der Waals surface area contributed by atoms with Gasteiger partial charge < -0.3 is 4.90 Å². The van der Waals surface area contributed by atoms with Crippen LogP contribution < -0.4 is 4.90 Å². The highest BCUT2D eigenvalue weighted by atomic mass is 19.1. The molecule has 0 spiro atoms. The first-order valence-electron chi connectivity index (χ1n) is 6.52. The van der Waals surface area contributed by atoms with Gasteiger partial charge in [-0.2, -0.15) is 0 Å². The minimum absolute atomic E-state index is 0.191. The van der Waals surface area contributed by atoms with E-state index in [1.807, 2.05) is 0 Å². The van der Waals surface area contributed by atoms with Crippen molar-refractivity contribution < 1.29 is 4.39 Å². The van der Waals surface area contributed by atoms with Gasteiger partial charge >= 0.3 is 0 Å². The van der Waals surface area contributed by atoms with Crippen LogP contribution in [0.1, 0.15) is 30.5 Å². The van der Waals surface area contributed by atoms with Gasteiger partial charge in [0.1, 0.15) is 12.1 Å². The van der Waals surface area contributed by atoms with E-state index < -0.39 is 0 Å². The van der Waals surface area contributed by atoms with Crippen LogP contribution in [0.2, 0.25) is 0 Å². The molecule has 0 amide bonds. The summed E-state index contributed by atoms with van der Waals surface area (Å²) in [7, 11) is 0. The fourth-order valence-electron chi connectivity index (χ4n) is 3.00. The van der Waals surface area contributed by atoms with Crippen molar-refractivity contribution >= 4 is 5.82 Å². The minimum Gasteiger partial charge on any atom is -0.356 e. The number of aromatic nitrogens is 2. The standard InChI is InChI=1S/C13H18FN3/c14-7-10-3-2-6-17(8-10)13-11-4-1-5-12(11)15-9-16-13/h9-10H,1-8H2. The summed E-state index contributed by atoms with van der Waals surface area (Å²) in [5, 5.41) is 0. The highest BCUT2D eigenvalue weighted by molar-refractivity contribution is 5.50. The van der Waals surface area contributed by atoms with Crippen LogP contribution in [-0.2, 0) is 12.8 Å². The van der Waals surface area contributed by atoms with Gasteiger partial charge in [-0.05, 0) is 32.1 Å². The van der Waals surface area contributed by atoms with Crippen LogP contribution in [0.5, 0.6) is 0 Å². The number of halogens is 1. The average molecular weight is 235 g/mol. The van der Waals surface area contributed by atoms with Crippen molar-refractivity contribution in [2.45, 2.75) is 32.1 Å². The Morgan fingerprint density at radius 3 is 3.12 bits per heavy atom. The molecule has 1 aromatic rings. The number of hydrogen-bond donors (Lipinski definition) is 0. The molecule has 0 bridgehead atoms. The number of nitrogens with zero attached hydrogens (tertiary/aromatic N) is 3. The lowest BCUT2D eigenvalue weighted by Crippen LogP contribution is -2.37. The molecule has 3 rings (SSSR count). The van der Waals surface area contributed by atoms with Gasteiger partial charge in [-0.3, -0.25) is 4.39 Å². The molecule has 1 fully saturated rings. The van der Waals surface area contributed by atoms with Crippen LogP contribution in [0, 0.1) is 5.92 Å². The van der Waals surface area contributed by atoms with E-state index in [-0.39, 0.29) is 12.6 Å². The van der Waals surface area contributed by atoms with Gasteiger partial charge in [-0.25, -0.2) is 9.97 Å². The van der Waals surface area contributed by atoms with Gasteiger partial charge in [0.25, 0.3) is 0 Å². The quantitative estimate of drug-likeness (QED) is 0.786. The molecule has 1 atom stereocenters. The Morgan fingerprint density at radius 1 is 1.29 bits per heavy atom. The molecule has 1 saturated heterocycles. The van der Waals surface area contributed by atoms with E-state index in [0.717, 1.165) is 44.6 Å². The maximum absolute atomic E-state index is 12.8. The van der Waals surface area contributed by atoms with E-state index in [4.69, 9.17) is 0 Å². The van der Waals surface area contributed by atoms with Crippen molar-refractivity contribution in [3.05, 3.63) is 17.6 Å². The third-order valence-corrected chi connectivity index (χ3v) is 3.89. The molecule has 0 N–H and O–H groups in total. The van der Waals surface area contributed by atoms with Crippen molar-refractivity contribution in [3.63, 3.8) is 0 Å². The van der Waals surface area contributed by atoms with Gasteiger partial charge in [-0.1, -0.05) is 0 Å². The maximum atomic E-state index is 12.8. The second-order valence-corrected chi connectivity index (χ2v) is 5.08. The summed E-state index contributed by atoms with van der Waals surface area (Å²) >= 11 is 0. The SMILES string of the molecule is FCC1CCCN(c2ncnc3c2CCC3)C1. The van der Waals surface area contributed by atoms with E-state index in [9.17, 15) is 4.39 Å². The van der Waals surface area contributed by atoms with Gasteiger partial charge in [0.2, 0.25) is 0 Å². The summed E-state index contributed by atoms with van der Waals surface area (Å²) in [5.74, 6) is 1.27. The first-order chi connectivity index (χ1) is 8.38. The van der Waals surface area contributed by atoms with Crippen molar-refractivity contribution in [3.8, 4) is 0 Å². The monoisotopic (exact) mass is 235 g/mol. The predicted molar refractivity (Wildman–Crippen MR) is 65.0 cm³/mol. The topological polar surface area (TPSA) is 29.0 Å². The predicted octanol–water partition coefficient (Wildman–Crippen LogP) is 2.15. The van der Waals surface area contributed by atoms with E-state index >= 15 is 0 Å². The minimum atomic E-state index is -0.205. The number of rotatable bonds is 2. The number of hydrogen-bond acceptors (Lipinski definition) is 3. The largest absolute Gasteiger partial charge is 0.356 e. The normalized spacial score (nSPS) is 23.8. The Morgan fingerprint density at radius 2 is 2.24 bits per heavy atom. The van der Waals surface area contributed by atoms with Gasteiger partial charge in [-0.15, -0.1) is 0 Å². The van der Waals surface area contributed by atoms with Gasteiger partial charge in [0.15, 0.2) is 0 Å². The molecule has 1 aliphatic heterocycles. The molecule has 1 unspecified atom stereocenters. The Labute approximate surface area is 101 Å². The van der Waals surface area contributed by atoms with Crippen LogP contribution in [0.4, 0.5) is 10.2 Å². The van der Waals surface area contributed by atoms with Crippen molar-refractivity contribution in [1.29, 1.82) is 0 Å². The summed E-state index contributed by atoms with van der Waals surface area (Å²) in [4.78, 5) is 11.0. The van der Waals surface area contributed by atoms with Crippen LogP contribution in [0.25, 0.3) is 0 Å². The first kappa shape index (κ1) is 10.9. The lowest BCUT2D eigenvalue weighted by atomic mass is 9.99. The van der Waals surface area contributed by atoms with Crippen molar-refractivity contribution in [2.75, 3.05) is 24.7 Å². The number of fused-ring (bicyclic) bond motifs is 1. The van der Waals surface area contributed by atoms with E-state index in [0.29, 0.717) is 0 Å². The second kappa shape index (κ2) is 4.59. The van der Waals surface area contributed by atoms with E-state index in [1.54, 1.807) is 6.33 Å². The Bertz CT molecular complexity index is 408. The van der Waals surface area contributed by atoms with Gasteiger partial charge in [0.05, 0.1) is 6.67 Å². The third kappa shape index (κ3) is 2.01. The molecule has 2 heterocycles. The molecule has 0 radical (unpaired) electrons. The first-order valence-corrected chi connectivity index (χ1v) is 6.52. The number of aryl methyl sites for hydroxylation is 1. The van der Waals surface area contributed by atoms with Crippen molar-refractivity contribution in [1.82, 2.24) is 9.97 Å². The Hall–Kier alpha value is -1.19. The highest BCUT2D eigenvalue weighted by Crippen LogP contribution is 2.30. The van der Waals surface area contributed by atoms with Crippen LogP contribution in [-0.4, -0.2) is 29.7 Å². The van der Waals surface area contributed by atoms with E-state index in [1.165, 1.54) is 17.7 Å². The molecular formula is C13H18FN3. The fraction of sp³-hybridized carbons (Fsp3) is 0.692. The molecule has 2 aliphatic rings. The zero-order valence-corrected chi connectivity index (χ0v) is 10.0. The molecule has 3 nitrogen and oxygen atoms in total. The van der Waals surface area contributed by atoms with Crippen LogP contribution in [0.15, 0.2) is 6.33 Å². The smallest absolute Gasteiger partial charge is 0.135 e. The Balaban J connectivity index is 1.86.